The lowest BCUT2D eigenvalue weighted by atomic mass is 10.2. The Bertz CT molecular complexity index is 542. The molecule has 2 aromatic heterocycles. The van der Waals surface area contributed by atoms with E-state index in [9.17, 15) is 4.79 Å². The third-order valence-corrected chi connectivity index (χ3v) is 3.61. The van der Waals surface area contributed by atoms with Gasteiger partial charge in [0.2, 0.25) is 0 Å². The van der Waals surface area contributed by atoms with E-state index in [4.69, 9.17) is 5.11 Å². The van der Waals surface area contributed by atoms with Gasteiger partial charge in [-0.2, -0.15) is 0 Å². The van der Waals surface area contributed by atoms with Gasteiger partial charge in [0.05, 0.1) is 12.1 Å². The Kier molecular flexibility index (Phi) is 4.46. The molecule has 0 amide bonds. The molecule has 0 saturated heterocycles. The molecule has 0 saturated carbocycles. The van der Waals surface area contributed by atoms with E-state index in [-0.39, 0.29) is 6.42 Å². The molecule has 0 atom stereocenters. The van der Waals surface area contributed by atoms with Crippen LogP contribution in [-0.4, -0.2) is 28.1 Å². The molecular weight excluding hydrogens is 262 g/mol. The summed E-state index contributed by atoms with van der Waals surface area (Å²) in [6.07, 6.45) is 4.18. The molecule has 0 spiro atoms. The Morgan fingerprint density at radius 2 is 2.37 bits per heavy atom. The SMILES string of the molecule is CN(Cc1cccnc1)c1nc(CCC(=O)O)cs1. The number of nitrogens with zero attached hydrogens (tertiary/aromatic N) is 3. The van der Waals surface area contributed by atoms with Crippen molar-refractivity contribution in [2.24, 2.45) is 0 Å². The third-order valence-electron chi connectivity index (χ3n) is 2.60. The van der Waals surface area contributed by atoms with E-state index < -0.39 is 5.97 Å². The monoisotopic (exact) mass is 277 g/mol. The van der Waals surface area contributed by atoms with E-state index >= 15 is 0 Å². The molecule has 2 heterocycles. The molecular formula is C13H15N3O2S. The lowest BCUT2D eigenvalue weighted by Gasteiger charge is -2.15. The zero-order valence-corrected chi connectivity index (χ0v) is 11.4. The number of hydrogen-bond donors (Lipinski definition) is 1. The largest absolute Gasteiger partial charge is 0.481 e. The Hall–Kier alpha value is -1.95. The summed E-state index contributed by atoms with van der Waals surface area (Å²) in [7, 11) is 1.97. The van der Waals surface area contributed by atoms with Crippen molar-refractivity contribution in [1.82, 2.24) is 9.97 Å². The molecule has 100 valence electrons. The van der Waals surface area contributed by atoms with E-state index in [0.29, 0.717) is 6.42 Å². The number of carboxylic acid groups (broad SMARTS) is 1. The van der Waals surface area contributed by atoms with Crippen LogP contribution in [0.3, 0.4) is 0 Å². The van der Waals surface area contributed by atoms with Crippen LogP contribution >= 0.6 is 11.3 Å². The molecule has 0 unspecified atom stereocenters. The van der Waals surface area contributed by atoms with E-state index in [2.05, 4.69) is 9.97 Å². The highest BCUT2D eigenvalue weighted by Gasteiger charge is 2.09. The summed E-state index contributed by atoms with van der Waals surface area (Å²) in [5.74, 6) is -0.793. The van der Waals surface area contributed by atoms with Crippen molar-refractivity contribution in [3.63, 3.8) is 0 Å². The minimum Gasteiger partial charge on any atom is -0.481 e. The predicted octanol–water partition coefficient (Wildman–Crippen LogP) is 2.19. The molecule has 1 N–H and O–H groups in total. The Balaban J connectivity index is 1.96. The molecule has 0 aliphatic carbocycles. The molecule has 0 bridgehead atoms. The molecule has 0 radical (unpaired) electrons. The van der Waals surface area contributed by atoms with Gasteiger partial charge in [-0.1, -0.05) is 6.07 Å². The zero-order valence-electron chi connectivity index (χ0n) is 10.6. The van der Waals surface area contributed by atoms with Crippen LogP contribution in [0.25, 0.3) is 0 Å². The van der Waals surface area contributed by atoms with Gasteiger partial charge >= 0.3 is 5.97 Å². The standard InChI is InChI=1S/C13H15N3O2S/c1-16(8-10-3-2-6-14-7-10)13-15-11(9-19-13)4-5-12(17)18/h2-3,6-7,9H,4-5,8H2,1H3,(H,17,18). The molecule has 5 nitrogen and oxygen atoms in total. The number of aryl methyl sites for hydroxylation is 1. The number of thiazole rings is 1. The van der Waals surface area contributed by atoms with Crippen molar-refractivity contribution in [2.45, 2.75) is 19.4 Å². The first kappa shape index (κ1) is 13.5. The number of aromatic nitrogens is 2. The maximum Gasteiger partial charge on any atom is 0.303 e. The first-order chi connectivity index (χ1) is 9.15. The van der Waals surface area contributed by atoms with E-state index in [1.54, 1.807) is 6.20 Å². The number of pyridine rings is 1. The molecule has 0 aliphatic heterocycles. The average molecular weight is 277 g/mol. The predicted molar refractivity (Wildman–Crippen MR) is 74.4 cm³/mol. The molecule has 2 rings (SSSR count). The van der Waals surface area contributed by atoms with Gasteiger partial charge in [-0.05, 0) is 11.6 Å². The van der Waals surface area contributed by atoms with Gasteiger partial charge in [0.15, 0.2) is 5.13 Å². The number of rotatable bonds is 6. The molecule has 0 fully saturated rings. The normalized spacial score (nSPS) is 10.4. The van der Waals surface area contributed by atoms with Crippen molar-refractivity contribution in [2.75, 3.05) is 11.9 Å². The van der Waals surface area contributed by atoms with Crippen LogP contribution < -0.4 is 4.90 Å². The number of hydrogen-bond acceptors (Lipinski definition) is 5. The molecule has 19 heavy (non-hydrogen) atoms. The van der Waals surface area contributed by atoms with Gasteiger partial charge in [-0.15, -0.1) is 11.3 Å². The van der Waals surface area contributed by atoms with Crippen molar-refractivity contribution in [1.29, 1.82) is 0 Å². The van der Waals surface area contributed by atoms with Crippen LogP contribution in [-0.2, 0) is 17.8 Å². The number of carboxylic acids is 1. The summed E-state index contributed by atoms with van der Waals surface area (Å²) < 4.78 is 0. The summed E-state index contributed by atoms with van der Waals surface area (Å²) in [5, 5.41) is 11.5. The molecule has 0 aromatic carbocycles. The van der Waals surface area contributed by atoms with Gasteiger partial charge in [0.1, 0.15) is 0 Å². The van der Waals surface area contributed by atoms with Crippen molar-refractivity contribution in [3.8, 4) is 0 Å². The number of anilines is 1. The smallest absolute Gasteiger partial charge is 0.303 e. The van der Waals surface area contributed by atoms with Gasteiger partial charge in [0, 0.05) is 37.8 Å². The highest BCUT2D eigenvalue weighted by molar-refractivity contribution is 7.13. The second-order valence-electron chi connectivity index (χ2n) is 4.23. The number of aliphatic carboxylic acids is 1. The fourth-order valence-corrected chi connectivity index (χ4v) is 2.48. The fourth-order valence-electron chi connectivity index (χ4n) is 1.65. The minimum atomic E-state index is -0.793. The zero-order chi connectivity index (χ0) is 13.7. The third kappa shape index (κ3) is 4.03. The topological polar surface area (TPSA) is 66.3 Å². The summed E-state index contributed by atoms with van der Waals surface area (Å²) in [4.78, 5) is 21.1. The Morgan fingerprint density at radius 1 is 1.53 bits per heavy atom. The summed E-state index contributed by atoms with van der Waals surface area (Å²) in [5.41, 5.74) is 1.95. The van der Waals surface area contributed by atoms with Crippen LogP contribution in [0.15, 0.2) is 29.9 Å². The van der Waals surface area contributed by atoms with Crippen LogP contribution in [0.2, 0.25) is 0 Å². The second-order valence-corrected chi connectivity index (χ2v) is 5.07. The molecule has 0 aliphatic rings. The molecule has 6 heteroatoms. The summed E-state index contributed by atoms with van der Waals surface area (Å²) >= 11 is 1.53. The van der Waals surface area contributed by atoms with Crippen LogP contribution in [0.4, 0.5) is 5.13 Å². The maximum atomic E-state index is 10.5. The van der Waals surface area contributed by atoms with E-state index in [0.717, 1.165) is 22.9 Å². The highest BCUT2D eigenvalue weighted by atomic mass is 32.1. The number of carbonyl (C=O) groups is 1. The molecule has 2 aromatic rings. The summed E-state index contributed by atoms with van der Waals surface area (Å²) in [6.45, 7) is 0.736. The lowest BCUT2D eigenvalue weighted by molar-refractivity contribution is -0.136. The van der Waals surface area contributed by atoms with E-state index in [1.807, 2.05) is 35.7 Å². The summed E-state index contributed by atoms with van der Waals surface area (Å²) in [6, 6.07) is 3.92. The second kappa shape index (κ2) is 6.29. The van der Waals surface area contributed by atoms with Crippen molar-refractivity contribution in [3.05, 3.63) is 41.2 Å². The quantitative estimate of drug-likeness (QED) is 0.876. The Labute approximate surface area is 115 Å². The van der Waals surface area contributed by atoms with Crippen LogP contribution in [0.1, 0.15) is 17.7 Å². The Morgan fingerprint density at radius 3 is 3.05 bits per heavy atom. The maximum absolute atomic E-state index is 10.5. The van der Waals surface area contributed by atoms with Gasteiger partial charge in [0.25, 0.3) is 0 Å². The van der Waals surface area contributed by atoms with Crippen molar-refractivity contribution >= 4 is 22.4 Å². The van der Waals surface area contributed by atoms with Crippen molar-refractivity contribution < 1.29 is 9.90 Å². The first-order valence-electron chi connectivity index (χ1n) is 5.91. The average Bonchev–Trinajstić information content (AvgIpc) is 2.86. The first-order valence-corrected chi connectivity index (χ1v) is 6.79. The fraction of sp³-hybridized carbons (Fsp3) is 0.308. The van der Waals surface area contributed by atoms with Gasteiger partial charge in [-0.25, -0.2) is 4.98 Å². The highest BCUT2D eigenvalue weighted by Crippen LogP contribution is 2.21. The van der Waals surface area contributed by atoms with E-state index in [1.165, 1.54) is 11.3 Å². The minimum absolute atomic E-state index is 0.121. The lowest BCUT2D eigenvalue weighted by Crippen LogP contribution is -2.16. The van der Waals surface area contributed by atoms with Gasteiger partial charge in [-0.3, -0.25) is 9.78 Å². The van der Waals surface area contributed by atoms with Gasteiger partial charge < -0.3 is 10.0 Å². The van der Waals surface area contributed by atoms with Crippen LogP contribution in [0, 0.1) is 0 Å². The van der Waals surface area contributed by atoms with Crippen LogP contribution in [0.5, 0.6) is 0 Å².